The van der Waals surface area contributed by atoms with Gasteiger partial charge in [-0.3, -0.25) is 4.79 Å². The summed E-state index contributed by atoms with van der Waals surface area (Å²) in [5, 5.41) is 3.31. The van der Waals surface area contributed by atoms with Crippen molar-refractivity contribution in [3.63, 3.8) is 0 Å². The highest BCUT2D eigenvalue weighted by Crippen LogP contribution is 2.33. The van der Waals surface area contributed by atoms with Crippen LogP contribution in [-0.2, 0) is 4.79 Å². The van der Waals surface area contributed by atoms with Gasteiger partial charge in [-0.15, -0.1) is 0 Å². The number of benzene rings is 1. The molecule has 108 valence electrons. The zero-order valence-electron chi connectivity index (χ0n) is 12.0. The van der Waals surface area contributed by atoms with Crippen molar-refractivity contribution in [3.05, 3.63) is 29.8 Å². The summed E-state index contributed by atoms with van der Waals surface area (Å²) in [6.45, 7) is 1.85. The van der Waals surface area contributed by atoms with Gasteiger partial charge in [0.25, 0.3) is 0 Å². The van der Waals surface area contributed by atoms with Crippen molar-refractivity contribution in [2.24, 2.45) is 0 Å². The Morgan fingerprint density at radius 1 is 1.25 bits per heavy atom. The maximum Gasteiger partial charge on any atom is 0.240 e. The molecule has 2 aliphatic heterocycles. The highest BCUT2D eigenvalue weighted by Gasteiger charge is 2.34. The first-order valence-corrected chi connectivity index (χ1v) is 7.47. The molecular formula is C16H22N2O2. The van der Waals surface area contributed by atoms with E-state index in [1.807, 2.05) is 12.1 Å². The van der Waals surface area contributed by atoms with E-state index in [9.17, 15) is 4.79 Å². The second-order valence-electron chi connectivity index (χ2n) is 5.61. The van der Waals surface area contributed by atoms with Gasteiger partial charge in [0.1, 0.15) is 5.75 Å². The van der Waals surface area contributed by atoms with Gasteiger partial charge in [0.05, 0.1) is 19.2 Å². The van der Waals surface area contributed by atoms with E-state index in [4.69, 9.17) is 4.74 Å². The van der Waals surface area contributed by atoms with Crippen molar-refractivity contribution in [1.29, 1.82) is 0 Å². The molecule has 2 fully saturated rings. The van der Waals surface area contributed by atoms with Crippen molar-refractivity contribution < 1.29 is 9.53 Å². The quantitative estimate of drug-likeness (QED) is 0.918. The smallest absolute Gasteiger partial charge is 0.240 e. The van der Waals surface area contributed by atoms with Gasteiger partial charge in [-0.2, -0.15) is 0 Å². The Morgan fingerprint density at radius 2 is 2.05 bits per heavy atom. The third kappa shape index (κ3) is 2.52. The molecule has 2 atom stereocenters. The van der Waals surface area contributed by atoms with Crippen LogP contribution in [0.4, 0.5) is 0 Å². The lowest BCUT2D eigenvalue weighted by atomic mass is 10.0. The molecule has 0 radical (unpaired) electrons. The minimum Gasteiger partial charge on any atom is -0.497 e. The summed E-state index contributed by atoms with van der Waals surface area (Å²) in [6, 6.07) is 8.38. The molecule has 1 aromatic rings. The zero-order valence-corrected chi connectivity index (χ0v) is 12.0. The second-order valence-corrected chi connectivity index (χ2v) is 5.61. The van der Waals surface area contributed by atoms with Crippen LogP contribution in [0.5, 0.6) is 5.75 Å². The van der Waals surface area contributed by atoms with E-state index in [1.54, 1.807) is 7.11 Å². The van der Waals surface area contributed by atoms with Gasteiger partial charge >= 0.3 is 0 Å². The average Bonchev–Trinajstić information content (AvgIpc) is 3.18. The molecule has 0 bridgehead atoms. The maximum absolute atomic E-state index is 12.6. The van der Waals surface area contributed by atoms with Gasteiger partial charge in [-0.1, -0.05) is 12.1 Å². The summed E-state index contributed by atoms with van der Waals surface area (Å²) >= 11 is 0. The molecule has 0 aromatic heterocycles. The Balaban J connectivity index is 1.75. The lowest BCUT2D eigenvalue weighted by Crippen LogP contribution is -2.43. The van der Waals surface area contributed by atoms with Crippen LogP contribution in [0.1, 0.15) is 37.3 Å². The topological polar surface area (TPSA) is 41.6 Å². The van der Waals surface area contributed by atoms with Crippen LogP contribution in [-0.4, -0.2) is 37.0 Å². The van der Waals surface area contributed by atoms with Gasteiger partial charge in [-0.25, -0.2) is 0 Å². The molecular weight excluding hydrogens is 252 g/mol. The minimum absolute atomic E-state index is 0.0360. The van der Waals surface area contributed by atoms with E-state index in [0.29, 0.717) is 0 Å². The van der Waals surface area contributed by atoms with E-state index >= 15 is 0 Å². The van der Waals surface area contributed by atoms with E-state index in [1.165, 1.54) is 5.56 Å². The summed E-state index contributed by atoms with van der Waals surface area (Å²) < 4.78 is 5.20. The number of methoxy groups -OCH3 is 1. The zero-order chi connectivity index (χ0) is 13.9. The number of carbonyl (C=O) groups excluding carboxylic acids is 1. The highest BCUT2D eigenvalue weighted by atomic mass is 16.5. The number of hydrogen-bond donors (Lipinski definition) is 1. The van der Waals surface area contributed by atoms with Crippen LogP contribution in [0.15, 0.2) is 24.3 Å². The Labute approximate surface area is 120 Å². The maximum atomic E-state index is 12.6. The Kier molecular flexibility index (Phi) is 3.92. The summed E-state index contributed by atoms with van der Waals surface area (Å²) in [7, 11) is 1.67. The summed E-state index contributed by atoms with van der Waals surface area (Å²) in [5.41, 5.74) is 1.22. The molecule has 2 aliphatic rings. The number of hydrogen-bond acceptors (Lipinski definition) is 3. The molecule has 0 spiro atoms. The molecule has 0 aliphatic carbocycles. The number of likely N-dealkylation sites (tertiary alicyclic amines) is 1. The van der Waals surface area contributed by atoms with Gasteiger partial charge in [0.2, 0.25) is 5.91 Å². The lowest BCUT2D eigenvalue weighted by molar-refractivity contribution is -0.134. The molecule has 4 heteroatoms. The minimum atomic E-state index is 0.0360. The molecule has 1 aromatic carbocycles. The van der Waals surface area contributed by atoms with E-state index in [2.05, 4.69) is 22.3 Å². The third-order valence-corrected chi connectivity index (χ3v) is 4.39. The first kappa shape index (κ1) is 13.4. The Bertz CT molecular complexity index is 466. The number of nitrogens with zero attached hydrogens (tertiary/aromatic N) is 1. The molecule has 3 rings (SSSR count). The fourth-order valence-electron chi connectivity index (χ4n) is 3.30. The second kappa shape index (κ2) is 5.83. The molecule has 1 amide bonds. The first-order valence-electron chi connectivity index (χ1n) is 7.47. The molecule has 1 N–H and O–H groups in total. The predicted molar refractivity (Wildman–Crippen MR) is 77.7 cm³/mol. The number of amides is 1. The summed E-state index contributed by atoms with van der Waals surface area (Å²) in [6.07, 6.45) is 4.24. The summed E-state index contributed by atoms with van der Waals surface area (Å²) in [5.74, 6) is 1.14. The Hall–Kier alpha value is -1.55. The number of ether oxygens (including phenoxy) is 1. The average molecular weight is 274 g/mol. The predicted octanol–water partition coefficient (Wildman–Crippen LogP) is 2.11. The normalized spacial score (nSPS) is 25.9. The SMILES string of the molecule is COc1ccc(C2CCCN2C(=O)[C@@H]2CCCN2)cc1. The molecule has 4 nitrogen and oxygen atoms in total. The number of carbonyl (C=O) groups is 1. The number of nitrogens with one attached hydrogen (secondary N) is 1. The van der Waals surface area contributed by atoms with Crippen LogP contribution in [0.25, 0.3) is 0 Å². The fourth-order valence-corrected chi connectivity index (χ4v) is 3.30. The number of rotatable bonds is 3. The molecule has 20 heavy (non-hydrogen) atoms. The Morgan fingerprint density at radius 3 is 2.70 bits per heavy atom. The van der Waals surface area contributed by atoms with Crippen LogP contribution >= 0.6 is 0 Å². The van der Waals surface area contributed by atoms with Crippen LogP contribution in [0.3, 0.4) is 0 Å². The first-order chi connectivity index (χ1) is 9.79. The monoisotopic (exact) mass is 274 g/mol. The van der Waals surface area contributed by atoms with Gasteiger partial charge in [0.15, 0.2) is 0 Å². The van der Waals surface area contributed by atoms with Gasteiger partial charge in [0, 0.05) is 6.54 Å². The van der Waals surface area contributed by atoms with Crippen molar-refractivity contribution in [3.8, 4) is 5.75 Å². The van der Waals surface area contributed by atoms with Crippen molar-refractivity contribution in [2.45, 2.75) is 37.8 Å². The fraction of sp³-hybridized carbons (Fsp3) is 0.562. The van der Waals surface area contributed by atoms with Gasteiger partial charge < -0.3 is 15.0 Å². The van der Waals surface area contributed by atoms with E-state index in [0.717, 1.165) is 44.5 Å². The largest absolute Gasteiger partial charge is 0.497 e. The van der Waals surface area contributed by atoms with Crippen LogP contribution < -0.4 is 10.1 Å². The molecule has 1 unspecified atom stereocenters. The van der Waals surface area contributed by atoms with Crippen molar-refractivity contribution in [1.82, 2.24) is 10.2 Å². The van der Waals surface area contributed by atoms with E-state index in [-0.39, 0.29) is 18.0 Å². The molecule has 2 heterocycles. The molecule has 0 saturated carbocycles. The van der Waals surface area contributed by atoms with Crippen molar-refractivity contribution in [2.75, 3.05) is 20.2 Å². The lowest BCUT2D eigenvalue weighted by Gasteiger charge is -2.28. The van der Waals surface area contributed by atoms with Gasteiger partial charge in [-0.05, 0) is 49.9 Å². The standard InChI is InChI=1S/C16H22N2O2/c1-20-13-8-6-12(7-9-13)15-5-3-11-18(15)16(19)14-4-2-10-17-14/h6-9,14-15,17H,2-5,10-11H2,1H3/t14-,15?/m0/s1. The summed E-state index contributed by atoms with van der Waals surface area (Å²) in [4.78, 5) is 14.7. The third-order valence-electron chi connectivity index (χ3n) is 4.39. The van der Waals surface area contributed by atoms with Crippen molar-refractivity contribution >= 4 is 5.91 Å². The highest BCUT2D eigenvalue weighted by molar-refractivity contribution is 5.83. The molecule has 2 saturated heterocycles. The van der Waals surface area contributed by atoms with Crippen LogP contribution in [0.2, 0.25) is 0 Å². The van der Waals surface area contributed by atoms with E-state index < -0.39 is 0 Å². The van der Waals surface area contributed by atoms with Crippen LogP contribution in [0, 0.1) is 0 Å².